The molecule has 1 heterocycles. The van der Waals surface area contributed by atoms with E-state index in [1.807, 2.05) is 23.4 Å². The van der Waals surface area contributed by atoms with E-state index in [0.29, 0.717) is 4.75 Å². The molecule has 1 aliphatic carbocycles. The van der Waals surface area contributed by atoms with Crippen LogP contribution in [0.4, 0.5) is 0 Å². The summed E-state index contributed by atoms with van der Waals surface area (Å²) in [6, 6.07) is -0.102. The Balaban J connectivity index is 2.16. The molecule has 1 aromatic rings. The van der Waals surface area contributed by atoms with Crippen LogP contribution in [-0.4, -0.2) is 31.2 Å². The van der Waals surface area contributed by atoms with E-state index in [2.05, 4.69) is 21.8 Å². The number of nitrogens with two attached hydrogens (primary N) is 1. The van der Waals surface area contributed by atoms with Gasteiger partial charge in [-0.2, -0.15) is 11.8 Å². The summed E-state index contributed by atoms with van der Waals surface area (Å²) in [5.74, 6) is 0.792. The van der Waals surface area contributed by atoms with Gasteiger partial charge in [0.25, 0.3) is 0 Å². The van der Waals surface area contributed by atoms with Gasteiger partial charge in [-0.1, -0.05) is 12.8 Å². The predicted octanol–water partition coefficient (Wildman–Crippen LogP) is 1.37. The third-order valence-electron chi connectivity index (χ3n) is 3.35. The van der Waals surface area contributed by atoms with Crippen LogP contribution in [0.5, 0.6) is 0 Å². The average Bonchev–Trinajstić information content (AvgIpc) is 2.88. The van der Waals surface area contributed by atoms with Crippen LogP contribution < -0.4 is 5.73 Å². The minimum absolute atomic E-state index is 0.102. The first-order chi connectivity index (χ1) is 7.67. The van der Waals surface area contributed by atoms with Gasteiger partial charge in [-0.15, -0.1) is 5.10 Å². The van der Waals surface area contributed by atoms with E-state index in [-0.39, 0.29) is 6.04 Å². The number of hydrogen-bond donors (Lipinski definition) is 1. The molecular weight excluding hydrogens is 222 g/mol. The van der Waals surface area contributed by atoms with Crippen LogP contribution in [-0.2, 0) is 6.54 Å². The molecular formula is C10H19N5S. The molecule has 6 heteroatoms. The van der Waals surface area contributed by atoms with Gasteiger partial charge >= 0.3 is 0 Å². The van der Waals surface area contributed by atoms with E-state index in [9.17, 15) is 0 Å². The van der Waals surface area contributed by atoms with Crippen molar-refractivity contribution in [3.8, 4) is 0 Å². The van der Waals surface area contributed by atoms with Crippen molar-refractivity contribution in [1.82, 2.24) is 20.2 Å². The fraction of sp³-hybridized carbons (Fsp3) is 0.900. The van der Waals surface area contributed by atoms with Crippen LogP contribution in [0.1, 0.15) is 44.5 Å². The normalized spacial score (nSPS) is 21.2. The monoisotopic (exact) mass is 241 g/mol. The molecule has 0 saturated heterocycles. The lowest BCUT2D eigenvalue weighted by molar-refractivity contribution is 0.442. The summed E-state index contributed by atoms with van der Waals surface area (Å²) >= 11 is 1.94. The van der Waals surface area contributed by atoms with E-state index in [1.54, 1.807) is 0 Å². The third-order valence-corrected chi connectivity index (χ3v) is 4.76. The van der Waals surface area contributed by atoms with Crippen molar-refractivity contribution in [2.75, 3.05) is 6.26 Å². The van der Waals surface area contributed by atoms with Crippen molar-refractivity contribution < 1.29 is 0 Å². The van der Waals surface area contributed by atoms with Crippen molar-refractivity contribution in [3.63, 3.8) is 0 Å². The summed E-state index contributed by atoms with van der Waals surface area (Å²) in [5, 5.41) is 11.8. The molecule has 1 atom stereocenters. The number of thioether (sulfide) groups is 1. The quantitative estimate of drug-likeness (QED) is 0.862. The molecule has 1 aliphatic rings. The Morgan fingerprint density at radius 1 is 1.50 bits per heavy atom. The highest BCUT2D eigenvalue weighted by Crippen LogP contribution is 2.41. The third kappa shape index (κ3) is 2.22. The second-order valence-electron chi connectivity index (χ2n) is 4.58. The number of hydrogen-bond acceptors (Lipinski definition) is 5. The van der Waals surface area contributed by atoms with Crippen LogP contribution >= 0.6 is 11.8 Å². The van der Waals surface area contributed by atoms with E-state index in [1.165, 1.54) is 25.7 Å². The molecule has 5 nitrogen and oxygen atoms in total. The van der Waals surface area contributed by atoms with Crippen molar-refractivity contribution in [3.05, 3.63) is 5.82 Å². The maximum absolute atomic E-state index is 5.85. The molecule has 2 N–H and O–H groups in total. The van der Waals surface area contributed by atoms with Gasteiger partial charge in [0.15, 0.2) is 5.82 Å². The van der Waals surface area contributed by atoms with Gasteiger partial charge in [0, 0.05) is 4.75 Å². The summed E-state index contributed by atoms with van der Waals surface area (Å²) in [6.45, 7) is 2.81. The maximum atomic E-state index is 5.85. The molecule has 0 spiro atoms. The zero-order valence-electron chi connectivity index (χ0n) is 9.89. The molecule has 0 radical (unpaired) electrons. The summed E-state index contributed by atoms with van der Waals surface area (Å²) in [5.41, 5.74) is 5.85. The molecule has 16 heavy (non-hydrogen) atoms. The zero-order valence-corrected chi connectivity index (χ0v) is 10.7. The smallest absolute Gasteiger partial charge is 0.167 e. The number of tetrazole rings is 1. The molecule has 1 aromatic heterocycles. The van der Waals surface area contributed by atoms with Gasteiger partial charge in [0.05, 0.1) is 12.6 Å². The van der Waals surface area contributed by atoms with Crippen LogP contribution in [0, 0.1) is 0 Å². The van der Waals surface area contributed by atoms with Gasteiger partial charge < -0.3 is 5.73 Å². The molecule has 1 fully saturated rings. The number of nitrogens with zero attached hydrogens (tertiary/aromatic N) is 4. The number of rotatable bonds is 4. The summed E-state index contributed by atoms with van der Waals surface area (Å²) < 4.78 is 2.20. The van der Waals surface area contributed by atoms with Crippen molar-refractivity contribution >= 4 is 11.8 Å². The topological polar surface area (TPSA) is 69.6 Å². The first kappa shape index (κ1) is 11.9. The Morgan fingerprint density at radius 2 is 2.19 bits per heavy atom. The maximum Gasteiger partial charge on any atom is 0.167 e. The van der Waals surface area contributed by atoms with Crippen LogP contribution in [0.15, 0.2) is 0 Å². The second-order valence-corrected chi connectivity index (χ2v) is 5.85. The summed E-state index contributed by atoms with van der Waals surface area (Å²) in [4.78, 5) is 0. The molecule has 0 aromatic carbocycles. The minimum atomic E-state index is -0.102. The lowest BCUT2D eigenvalue weighted by Gasteiger charge is -2.26. The zero-order chi connectivity index (χ0) is 11.6. The second kappa shape index (κ2) is 4.71. The minimum Gasteiger partial charge on any atom is -0.322 e. The first-order valence-electron chi connectivity index (χ1n) is 5.74. The molecule has 0 aliphatic heterocycles. The van der Waals surface area contributed by atoms with Gasteiger partial charge in [0.2, 0.25) is 0 Å². The molecule has 90 valence electrons. The van der Waals surface area contributed by atoms with Crippen molar-refractivity contribution in [2.45, 2.75) is 49.9 Å². The Labute approximate surface area is 100 Å². The molecule has 1 saturated carbocycles. The van der Waals surface area contributed by atoms with Crippen LogP contribution in [0.25, 0.3) is 0 Å². The van der Waals surface area contributed by atoms with E-state index in [4.69, 9.17) is 5.73 Å². The fourth-order valence-electron chi connectivity index (χ4n) is 2.37. The molecule has 0 bridgehead atoms. The largest absolute Gasteiger partial charge is 0.322 e. The fourth-order valence-corrected chi connectivity index (χ4v) is 3.32. The van der Waals surface area contributed by atoms with Crippen LogP contribution in [0.3, 0.4) is 0 Å². The van der Waals surface area contributed by atoms with Gasteiger partial charge in [-0.3, -0.25) is 0 Å². The molecule has 2 rings (SSSR count). The Bertz CT molecular complexity index is 343. The Kier molecular flexibility index (Phi) is 3.49. The molecule has 0 amide bonds. The first-order valence-corrected chi connectivity index (χ1v) is 6.96. The Morgan fingerprint density at radius 3 is 2.75 bits per heavy atom. The standard InChI is InChI=1S/C10H19N5S/c1-8(11)9-12-13-14-15(9)7-10(16-2)5-3-4-6-10/h8H,3-7,11H2,1-2H3. The highest BCUT2D eigenvalue weighted by molar-refractivity contribution is 8.00. The lowest BCUT2D eigenvalue weighted by Crippen LogP contribution is -2.29. The van der Waals surface area contributed by atoms with E-state index >= 15 is 0 Å². The van der Waals surface area contributed by atoms with Crippen molar-refractivity contribution in [2.24, 2.45) is 5.73 Å². The van der Waals surface area contributed by atoms with E-state index in [0.717, 1.165) is 12.4 Å². The summed E-state index contributed by atoms with van der Waals surface area (Å²) in [6.07, 6.45) is 7.33. The van der Waals surface area contributed by atoms with E-state index < -0.39 is 0 Å². The van der Waals surface area contributed by atoms with Gasteiger partial charge in [-0.25, -0.2) is 4.68 Å². The highest BCUT2D eigenvalue weighted by atomic mass is 32.2. The van der Waals surface area contributed by atoms with Gasteiger partial charge in [0.1, 0.15) is 0 Å². The SMILES string of the molecule is CSC1(Cn2nnnc2C(C)N)CCCC1. The number of aromatic nitrogens is 4. The highest BCUT2D eigenvalue weighted by Gasteiger charge is 2.34. The molecule has 1 unspecified atom stereocenters. The van der Waals surface area contributed by atoms with Crippen molar-refractivity contribution in [1.29, 1.82) is 0 Å². The Hall–Kier alpha value is -0.620. The average molecular weight is 241 g/mol. The van der Waals surface area contributed by atoms with Gasteiger partial charge in [-0.05, 0) is 36.4 Å². The van der Waals surface area contributed by atoms with Crippen LogP contribution in [0.2, 0.25) is 0 Å². The predicted molar refractivity (Wildman–Crippen MR) is 65.1 cm³/mol. The lowest BCUT2D eigenvalue weighted by atomic mass is 10.1. The summed E-state index contributed by atoms with van der Waals surface area (Å²) in [7, 11) is 0.